The van der Waals surface area contributed by atoms with Crippen molar-refractivity contribution in [2.75, 3.05) is 27.2 Å². The molecule has 0 radical (unpaired) electrons. The largest absolute Gasteiger partial charge is 1.00 e. The molecule has 0 unspecified atom stereocenters. The molecule has 1 saturated carbocycles. The highest BCUT2D eigenvalue weighted by Crippen LogP contribution is 2.43. The average molecular weight is 530 g/mol. The van der Waals surface area contributed by atoms with Gasteiger partial charge in [-0.05, 0) is 30.5 Å². The zero-order valence-corrected chi connectivity index (χ0v) is 21.9. The standard InChI is InChI=1S/C28H37N2O3.BrH/c1-30(2,19-12-20-32-25-17-10-5-11-18-25)22-26-21-29-27(33-26)28(31,23-13-6-3-7-14-23)24-15-8-4-9-16-24;/h3,5-7,10-11,13-14,17-18,21,24,31H,4,8-9,12,15-16,19-20,22H2,1-2H3;1H/q+1;/p-1/t28-;/m1./s1. The van der Waals surface area contributed by atoms with Crippen molar-refractivity contribution in [1.29, 1.82) is 0 Å². The van der Waals surface area contributed by atoms with Crippen LogP contribution in [-0.4, -0.2) is 41.8 Å². The smallest absolute Gasteiger partial charge is 0.231 e. The average Bonchev–Trinajstić information content (AvgIpc) is 3.31. The van der Waals surface area contributed by atoms with E-state index in [4.69, 9.17) is 9.15 Å². The van der Waals surface area contributed by atoms with Gasteiger partial charge in [0.25, 0.3) is 0 Å². The molecule has 3 aromatic rings. The van der Waals surface area contributed by atoms with Gasteiger partial charge in [0.1, 0.15) is 12.3 Å². The summed E-state index contributed by atoms with van der Waals surface area (Å²) in [6.45, 7) is 2.35. The summed E-state index contributed by atoms with van der Waals surface area (Å²) in [7, 11) is 4.38. The van der Waals surface area contributed by atoms with Gasteiger partial charge in [0.2, 0.25) is 5.89 Å². The maximum Gasteiger partial charge on any atom is 0.231 e. The molecule has 1 atom stereocenters. The Hall–Kier alpha value is -2.15. The molecular weight excluding hydrogens is 492 g/mol. The molecule has 0 spiro atoms. The summed E-state index contributed by atoms with van der Waals surface area (Å²) >= 11 is 0. The summed E-state index contributed by atoms with van der Waals surface area (Å²) < 4.78 is 12.9. The van der Waals surface area contributed by atoms with Gasteiger partial charge in [-0.15, -0.1) is 0 Å². The first kappa shape index (κ1) is 26.5. The number of halogens is 1. The number of aliphatic hydroxyl groups is 1. The van der Waals surface area contributed by atoms with Crippen molar-refractivity contribution >= 4 is 0 Å². The van der Waals surface area contributed by atoms with E-state index in [1.54, 1.807) is 6.20 Å². The number of hydrogen-bond acceptors (Lipinski definition) is 4. The number of ether oxygens (including phenoxy) is 1. The highest BCUT2D eigenvalue weighted by molar-refractivity contribution is 5.30. The summed E-state index contributed by atoms with van der Waals surface area (Å²) in [5.41, 5.74) is -0.308. The Kier molecular flexibility index (Phi) is 9.34. The minimum absolute atomic E-state index is 0. The summed E-state index contributed by atoms with van der Waals surface area (Å²) in [6.07, 6.45) is 8.24. The zero-order chi connectivity index (χ0) is 23.2. The molecule has 0 saturated heterocycles. The first-order valence-corrected chi connectivity index (χ1v) is 12.2. The van der Waals surface area contributed by atoms with Crippen LogP contribution < -0.4 is 21.7 Å². The summed E-state index contributed by atoms with van der Waals surface area (Å²) in [4.78, 5) is 4.61. The molecule has 184 valence electrons. The van der Waals surface area contributed by atoms with E-state index in [9.17, 15) is 5.11 Å². The SMILES string of the molecule is C[N+](C)(CCCOc1ccccc1)Cc1cnc([C@@](O)(c2ccccc2)C2CCCCC2)o1.[Br-]. The molecule has 1 heterocycles. The van der Waals surface area contributed by atoms with Gasteiger partial charge in [0, 0.05) is 12.3 Å². The Morgan fingerprint density at radius 3 is 2.32 bits per heavy atom. The van der Waals surface area contributed by atoms with Gasteiger partial charge in [-0.2, -0.15) is 0 Å². The Morgan fingerprint density at radius 1 is 1.00 bits per heavy atom. The molecular formula is C28H37BrN2O3. The van der Waals surface area contributed by atoms with E-state index in [2.05, 4.69) is 19.1 Å². The fraction of sp³-hybridized carbons (Fsp3) is 0.464. The number of aromatic nitrogens is 1. The van der Waals surface area contributed by atoms with E-state index in [-0.39, 0.29) is 22.9 Å². The minimum Gasteiger partial charge on any atom is -1.00 e. The lowest BCUT2D eigenvalue weighted by Gasteiger charge is -2.36. The number of rotatable bonds is 10. The molecule has 1 aromatic heterocycles. The van der Waals surface area contributed by atoms with Crippen LogP contribution >= 0.6 is 0 Å². The van der Waals surface area contributed by atoms with E-state index in [1.165, 1.54) is 6.42 Å². The highest BCUT2D eigenvalue weighted by atomic mass is 79.9. The van der Waals surface area contributed by atoms with Crippen LogP contribution in [0.1, 0.15) is 55.7 Å². The van der Waals surface area contributed by atoms with Crippen molar-refractivity contribution in [3.8, 4) is 5.75 Å². The Balaban J connectivity index is 0.00000324. The first-order valence-electron chi connectivity index (χ1n) is 12.2. The maximum absolute atomic E-state index is 12.0. The van der Waals surface area contributed by atoms with Crippen molar-refractivity contribution < 1.29 is 35.7 Å². The van der Waals surface area contributed by atoms with E-state index in [0.29, 0.717) is 19.0 Å². The van der Waals surface area contributed by atoms with Crippen molar-refractivity contribution in [1.82, 2.24) is 4.98 Å². The molecule has 5 nitrogen and oxygen atoms in total. The minimum atomic E-state index is -1.18. The Bertz CT molecular complexity index is 987. The highest BCUT2D eigenvalue weighted by Gasteiger charge is 2.44. The predicted molar refractivity (Wildman–Crippen MR) is 130 cm³/mol. The van der Waals surface area contributed by atoms with Gasteiger partial charge >= 0.3 is 0 Å². The lowest BCUT2D eigenvalue weighted by atomic mass is 9.73. The molecule has 1 N–H and O–H groups in total. The number of para-hydroxylation sites is 1. The lowest BCUT2D eigenvalue weighted by Crippen LogP contribution is -3.00. The predicted octanol–water partition coefficient (Wildman–Crippen LogP) is 2.54. The number of benzene rings is 2. The fourth-order valence-electron chi connectivity index (χ4n) is 5.00. The van der Waals surface area contributed by atoms with Crippen molar-refractivity contribution in [3.63, 3.8) is 0 Å². The van der Waals surface area contributed by atoms with Crippen LogP contribution in [0.4, 0.5) is 0 Å². The molecule has 0 aliphatic heterocycles. The van der Waals surface area contributed by atoms with Crippen LogP contribution in [-0.2, 0) is 12.1 Å². The van der Waals surface area contributed by atoms with E-state index < -0.39 is 5.60 Å². The summed E-state index contributed by atoms with van der Waals surface area (Å²) in [5.74, 6) is 2.27. The molecule has 0 amide bonds. The molecule has 4 rings (SSSR count). The van der Waals surface area contributed by atoms with Crippen LogP contribution in [0.25, 0.3) is 0 Å². The number of quaternary nitrogens is 1. The van der Waals surface area contributed by atoms with Crippen LogP contribution in [0.5, 0.6) is 5.75 Å². The van der Waals surface area contributed by atoms with Gasteiger partial charge in [-0.3, -0.25) is 0 Å². The van der Waals surface area contributed by atoms with Crippen LogP contribution in [0.15, 0.2) is 71.3 Å². The molecule has 6 heteroatoms. The molecule has 2 aromatic carbocycles. The third-order valence-corrected chi connectivity index (χ3v) is 6.79. The third kappa shape index (κ3) is 6.49. The van der Waals surface area contributed by atoms with Crippen molar-refractivity contribution in [3.05, 3.63) is 84.1 Å². The van der Waals surface area contributed by atoms with E-state index in [1.807, 2.05) is 60.7 Å². The van der Waals surface area contributed by atoms with Gasteiger partial charge in [-0.1, -0.05) is 67.8 Å². The van der Waals surface area contributed by atoms with Crippen molar-refractivity contribution in [2.45, 2.75) is 50.7 Å². The van der Waals surface area contributed by atoms with Gasteiger partial charge in [-0.25, -0.2) is 4.98 Å². The van der Waals surface area contributed by atoms with Gasteiger partial charge < -0.3 is 35.7 Å². The Morgan fingerprint density at radius 2 is 1.65 bits per heavy atom. The topological polar surface area (TPSA) is 55.5 Å². The van der Waals surface area contributed by atoms with Gasteiger partial charge in [0.15, 0.2) is 11.4 Å². The molecule has 34 heavy (non-hydrogen) atoms. The third-order valence-electron chi connectivity index (χ3n) is 6.79. The van der Waals surface area contributed by atoms with Crippen LogP contribution in [0, 0.1) is 5.92 Å². The monoisotopic (exact) mass is 528 g/mol. The number of nitrogens with zero attached hydrogens (tertiary/aromatic N) is 2. The van der Waals surface area contributed by atoms with Crippen molar-refractivity contribution in [2.24, 2.45) is 5.92 Å². The van der Waals surface area contributed by atoms with E-state index in [0.717, 1.165) is 60.2 Å². The summed E-state index contributed by atoms with van der Waals surface area (Å²) in [6, 6.07) is 19.8. The fourth-order valence-corrected chi connectivity index (χ4v) is 5.00. The Labute approximate surface area is 214 Å². The normalized spacial score (nSPS) is 16.4. The maximum atomic E-state index is 12.0. The van der Waals surface area contributed by atoms with Crippen LogP contribution in [0.2, 0.25) is 0 Å². The lowest BCUT2D eigenvalue weighted by molar-refractivity contribution is -0.904. The van der Waals surface area contributed by atoms with Gasteiger partial charge in [0.05, 0.1) is 33.4 Å². The number of hydrogen-bond donors (Lipinski definition) is 1. The zero-order valence-electron chi connectivity index (χ0n) is 20.3. The molecule has 1 aliphatic carbocycles. The second-order valence-electron chi connectivity index (χ2n) is 9.93. The second kappa shape index (κ2) is 12.0. The van der Waals surface area contributed by atoms with Crippen LogP contribution in [0.3, 0.4) is 0 Å². The molecule has 0 bridgehead atoms. The molecule has 1 fully saturated rings. The second-order valence-corrected chi connectivity index (χ2v) is 9.93. The van der Waals surface area contributed by atoms with E-state index >= 15 is 0 Å². The summed E-state index contributed by atoms with van der Waals surface area (Å²) in [5, 5.41) is 12.0. The quantitative estimate of drug-likeness (QED) is 0.324. The number of oxazole rings is 1. The molecule has 1 aliphatic rings. The first-order chi connectivity index (χ1) is 16.0.